The van der Waals surface area contributed by atoms with E-state index in [1.165, 1.54) is 6.07 Å². The summed E-state index contributed by atoms with van der Waals surface area (Å²) >= 11 is 0. The second-order valence-electron chi connectivity index (χ2n) is 17.3. The summed E-state index contributed by atoms with van der Waals surface area (Å²) in [6, 6.07) is 77.4. The molecule has 0 N–H and O–H groups in total. The average molecular weight is 871 g/mol. The second-order valence-corrected chi connectivity index (χ2v) is 17.3. The number of halogens is 3. The number of hydrogen-bond acceptors (Lipinski definition) is 0. The largest absolute Gasteiger partial charge is 0.417 e. The minimum atomic E-state index is -4.61. The van der Waals surface area contributed by atoms with E-state index in [1.54, 1.807) is 12.1 Å². The third kappa shape index (κ3) is 6.99. The lowest BCUT2D eigenvalue weighted by atomic mass is 9.94. The van der Waals surface area contributed by atoms with Gasteiger partial charge in [-0.2, -0.15) is 13.2 Å². The van der Waals surface area contributed by atoms with E-state index in [-0.39, 0.29) is 5.56 Å². The molecular formula is C62H41F3N2. The molecule has 10 aromatic carbocycles. The van der Waals surface area contributed by atoms with Crippen molar-refractivity contribution in [2.45, 2.75) is 13.1 Å². The highest BCUT2D eigenvalue weighted by Crippen LogP contribution is 2.44. The van der Waals surface area contributed by atoms with Crippen LogP contribution in [-0.2, 0) is 6.18 Å². The Morgan fingerprint density at radius 2 is 0.612 bits per heavy atom. The molecule has 2 heterocycles. The van der Waals surface area contributed by atoms with Gasteiger partial charge in [0.25, 0.3) is 0 Å². The van der Waals surface area contributed by atoms with Crippen LogP contribution in [0.3, 0.4) is 0 Å². The van der Waals surface area contributed by atoms with Crippen LogP contribution < -0.4 is 0 Å². The maximum Gasteiger partial charge on any atom is 0.417 e. The zero-order valence-electron chi connectivity index (χ0n) is 36.5. The molecule has 0 saturated carbocycles. The van der Waals surface area contributed by atoms with Crippen LogP contribution in [0.5, 0.6) is 0 Å². The molecule has 0 saturated heterocycles. The molecule has 2 nitrogen and oxygen atoms in total. The summed E-state index contributed by atoms with van der Waals surface area (Å²) in [5, 5.41) is 4.16. The minimum Gasteiger partial charge on any atom is -0.309 e. The molecule has 0 atom stereocenters. The van der Waals surface area contributed by atoms with E-state index in [9.17, 15) is 0 Å². The summed E-state index contributed by atoms with van der Waals surface area (Å²) in [5.41, 5.74) is 14.6. The Bertz CT molecular complexity index is 3640. The SMILES string of the molecule is Cc1ccc(-n2c3ccc(-c4ccccc4)cc3c3cc(-c4ccccc4)ccc32)cc1-c1cc(-n2c3ccc(-c4ccccc4)cc3c3cc(-c4ccccc4)ccc32)ccc1C(F)(F)F. The summed E-state index contributed by atoms with van der Waals surface area (Å²) in [5.74, 6) is 0. The molecule has 5 heteroatoms. The van der Waals surface area contributed by atoms with Gasteiger partial charge in [-0.3, -0.25) is 0 Å². The fraction of sp³-hybridized carbons (Fsp3) is 0.0323. The van der Waals surface area contributed by atoms with Crippen LogP contribution in [0.15, 0.2) is 231 Å². The van der Waals surface area contributed by atoms with Gasteiger partial charge in [-0.15, -0.1) is 0 Å². The average Bonchev–Trinajstić information content (AvgIpc) is 3.88. The van der Waals surface area contributed by atoms with Crippen molar-refractivity contribution < 1.29 is 13.2 Å². The Balaban J connectivity index is 1.07. The first-order chi connectivity index (χ1) is 32.8. The highest BCUT2D eigenvalue weighted by Gasteiger charge is 2.34. The lowest BCUT2D eigenvalue weighted by molar-refractivity contribution is -0.137. The molecule has 0 bridgehead atoms. The third-order valence-electron chi connectivity index (χ3n) is 13.3. The molecule has 67 heavy (non-hydrogen) atoms. The predicted molar refractivity (Wildman–Crippen MR) is 272 cm³/mol. The van der Waals surface area contributed by atoms with E-state index < -0.39 is 11.7 Å². The first-order valence-corrected chi connectivity index (χ1v) is 22.5. The highest BCUT2D eigenvalue weighted by molar-refractivity contribution is 6.13. The molecule has 320 valence electrons. The molecule has 0 fully saturated rings. The second kappa shape index (κ2) is 15.9. The molecule has 0 spiro atoms. The molecule has 12 rings (SSSR count). The molecule has 0 aliphatic heterocycles. The summed E-state index contributed by atoms with van der Waals surface area (Å²) < 4.78 is 50.5. The van der Waals surface area contributed by atoms with Crippen LogP contribution in [0.4, 0.5) is 13.2 Å². The van der Waals surface area contributed by atoms with Gasteiger partial charge in [-0.05, 0) is 147 Å². The van der Waals surface area contributed by atoms with E-state index in [1.807, 2.05) is 97.9 Å². The van der Waals surface area contributed by atoms with Crippen LogP contribution >= 0.6 is 0 Å². The normalized spacial score (nSPS) is 11.9. The summed E-state index contributed by atoms with van der Waals surface area (Å²) in [6.45, 7) is 1.90. The van der Waals surface area contributed by atoms with Gasteiger partial charge in [0.05, 0.1) is 27.6 Å². The van der Waals surface area contributed by atoms with E-state index in [2.05, 4.69) is 130 Å². The number of benzene rings is 10. The number of nitrogens with zero attached hydrogens (tertiary/aromatic N) is 2. The van der Waals surface area contributed by atoms with Crippen molar-refractivity contribution in [3.8, 4) is 67.0 Å². The quantitative estimate of drug-likeness (QED) is 0.151. The Hall–Kier alpha value is -8.41. The number of aromatic nitrogens is 2. The van der Waals surface area contributed by atoms with Gasteiger partial charge in [-0.1, -0.05) is 152 Å². The van der Waals surface area contributed by atoms with Crippen molar-refractivity contribution in [2.24, 2.45) is 0 Å². The van der Waals surface area contributed by atoms with E-state index >= 15 is 13.2 Å². The molecule has 12 aromatic rings. The highest BCUT2D eigenvalue weighted by atomic mass is 19.4. The van der Waals surface area contributed by atoms with Crippen LogP contribution in [0.2, 0.25) is 0 Å². The molecule has 0 aliphatic carbocycles. The van der Waals surface area contributed by atoms with Crippen molar-refractivity contribution in [3.63, 3.8) is 0 Å². The summed E-state index contributed by atoms with van der Waals surface area (Å²) in [4.78, 5) is 0. The fourth-order valence-electron chi connectivity index (χ4n) is 10.0. The Labute approximate surface area is 386 Å². The van der Waals surface area contributed by atoms with Crippen LogP contribution in [-0.4, -0.2) is 9.13 Å². The maximum absolute atomic E-state index is 15.4. The molecule has 0 radical (unpaired) electrons. The van der Waals surface area contributed by atoms with Crippen molar-refractivity contribution >= 4 is 43.6 Å². The van der Waals surface area contributed by atoms with Gasteiger partial charge in [0, 0.05) is 32.9 Å². The van der Waals surface area contributed by atoms with Crippen molar-refractivity contribution in [1.29, 1.82) is 0 Å². The van der Waals surface area contributed by atoms with Gasteiger partial charge >= 0.3 is 6.18 Å². The van der Waals surface area contributed by atoms with Crippen molar-refractivity contribution in [1.82, 2.24) is 9.13 Å². The third-order valence-corrected chi connectivity index (χ3v) is 13.3. The predicted octanol–water partition coefficient (Wildman–Crippen LogP) is 17.5. The number of alkyl halides is 3. The van der Waals surface area contributed by atoms with Gasteiger partial charge in [0.2, 0.25) is 0 Å². The van der Waals surface area contributed by atoms with Gasteiger partial charge < -0.3 is 9.13 Å². The molecule has 0 amide bonds. The van der Waals surface area contributed by atoms with Gasteiger partial charge in [0.15, 0.2) is 0 Å². The van der Waals surface area contributed by atoms with Crippen molar-refractivity contribution in [2.75, 3.05) is 0 Å². The van der Waals surface area contributed by atoms with Crippen LogP contribution in [0.25, 0.3) is 111 Å². The monoisotopic (exact) mass is 870 g/mol. The number of rotatable bonds is 7. The fourth-order valence-corrected chi connectivity index (χ4v) is 10.0. The minimum absolute atomic E-state index is 0.125. The first-order valence-electron chi connectivity index (χ1n) is 22.5. The molecular weight excluding hydrogens is 830 g/mol. The molecule has 2 aromatic heterocycles. The topological polar surface area (TPSA) is 9.86 Å². The summed E-state index contributed by atoms with van der Waals surface area (Å²) in [6.07, 6.45) is -4.61. The van der Waals surface area contributed by atoms with E-state index in [0.29, 0.717) is 11.3 Å². The Kier molecular flexibility index (Phi) is 9.54. The Morgan fingerprint density at radius 3 is 0.940 bits per heavy atom. The molecule has 0 unspecified atom stereocenters. The van der Waals surface area contributed by atoms with Gasteiger partial charge in [-0.25, -0.2) is 0 Å². The Morgan fingerprint density at radius 1 is 0.299 bits per heavy atom. The van der Waals surface area contributed by atoms with Crippen LogP contribution in [0, 0.1) is 6.92 Å². The lowest BCUT2D eigenvalue weighted by Crippen LogP contribution is -2.09. The van der Waals surface area contributed by atoms with E-state index in [4.69, 9.17) is 0 Å². The number of hydrogen-bond donors (Lipinski definition) is 0. The smallest absolute Gasteiger partial charge is 0.309 e. The number of fused-ring (bicyclic) bond motifs is 6. The maximum atomic E-state index is 15.4. The van der Waals surface area contributed by atoms with E-state index in [0.717, 1.165) is 99.4 Å². The first kappa shape index (κ1) is 40.1. The zero-order chi connectivity index (χ0) is 45.2. The van der Waals surface area contributed by atoms with Gasteiger partial charge in [0.1, 0.15) is 0 Å². The summed E-state index contributed by atoms with van der Waals surface area (Å²) in [7, 11) is 0. The standard InChI is InChI=1S/C62H41F3N2/c1-40-22-27-49(66-58-30-23-45(41-14-6-2-7-15-41)34-53(58)54-35-46(24-31-59(54)66)42-16-8-3-9-17-42)38-51(40)52-39-50(28-29-57(52)62(63,64)65)67-60-32-25-47(43-18-10-4-11-19-43)36-55(60)56-37-48(26-33-61(56)67)44-20-12-5-13-21-44/h2-39H,1H3. The van der Waals surface area contributed by atoms with Crippen molar-refractivity contribution in [3.05, 3.63) is 242 Å². The number of aryl methyl sites for hydroxylation is 1. The lowest BCUT2D eigenvalue weighted by Gasteiger charge is -2.19. The zero-order valence-corrected chi connectivity index (χ0v) is 36.5. The van der Waals surface area contributed by atoms with Crippen LogP contribution in [0.1, 0.15) is 11.1 Å². The molecule has 0 aliphatic rings.